The van der Waals surface area contributed by atoms with Crippen LogP contribution in [0.25, 0.3) is 10.6 Å². The molecule has 2 aromatic rings. The molecule has 21 heavy (non-hydrogen) atoms. The molecule has 2 rings (SSSR count). The van der Waals surface area contributed by atoms with Gasteiger partial charge < -0.3 is 10.1 Å². The molecule has 0 aliphatic carbocycles. The molecule has 0 unspecified atom stereocenters. The van der Waals surface area contributed by atoms with Crippen LogP contribution >= 0.6 is 22.9 Å². The lowest BCUT2D eigenvalue weighted by molar-refractivity contribution is -0.141. The maximum absolute atomic E-state index is 13.0. The maximum Gasteiger partial charge on any atom is 0.434 e. The van der Waals surface area contributed by atoms with Crippen LogP contribution in [0, 0.1) is 0 Å². The van der Waals surface area contributed by atoms with Crippen LogP contribution in [0.4, 0.5) is 13.2 Å². The van der Waals surface area contributed by atoms with Crippen LogP contribution in [-0.2, 0) is 12.7 Å². The molecule has 0 radical (unpaired) electrons. The topological polar surface area (TPSA) is 34.1 Å². The first kappa shape index (κ1) is 16.1. The number of alkyl halides is 3. The van der Waals surface area contributed by atoms with Crippen molar-refractivity contribution in [2.45, 2.75) is 12.7 Å². The standard InChI is InChI=1S/C13H12ClF3N2OS/c1-18-6-10-11(13(15,16)17)19-12(21-10)8-4-3-7(14)5-9(8)20-2/h3-5,18H,6H2,1-2H3. The number of hydrogen-bond acceptors (Lipinski definition) is 4. The Bertz CT molecular complexity index is 643. The quantitative estimate of drug-likeness (QED) is 0.908. The van der Waals surface area contributed by atoms with Crippen LogP contribution in [0.5, 0.6) is 5.75 Å². The Morgan fingerprint density at radius 2 is 2.10 bits per heavy atom. The molecule has 0 atom stereocenters. The van der Waals surface area contributed by atoms with Crippen molar-refractivity contribution in [2.24, 2.45) is 0 Å². The molecule has 1 heterocycles. The predicted octanol–water partition coefficient (Wildman–Crippen LogP) is 4.21. The molecular formula is C13H12ClF3N2OS. The molecule has 0 aliphatic rings. The predicted molar refractivity (Wildman–Crippen MR) is 76.9 cm³/mol. The summed E-state index contributed by atoms with van der Waals surface area (Å²) in [5, 5.41) is 3.41. The minimum atomic E-state index is -4.49. The van der Waals surface area contributed by atoms with Gasteiger partial charge in [-0.05, 0) is 25.2 Å². The van der Waals surface area contributed by atoms with Gasteiger partial charge in [0, 0.05) is 11.6 Å². The highest BCUT2D eigenvalue weighted by Crippen LogP contribution is 2.40. The first-order valence-corrected chi connectivity index (χ1v) is 7.11. The van der Waals surface area contributed by atoms with Gasteiger partial charge in [0.05, 0.1) is 17.6 Å². The first-order valence-electron chi connectivity index (χ1n) is 5.92. The van der Waals surface area contributed by atoms with Crippen LogP contribution in [0.3, 0.4) is 0 Å². The summed E-state index contributed by atoms with van der Waals surface area (Å²) in [7, 11) is 3.02. The fraction of sp³-hybridized carbons (Fsp3) is 0.308. The molecule has 0 spiro atoms. The summed E-state index contributed by atoms with van der Waals surface area (Å²) < 4.78 is 44.2. The highest BCUT2D eigenvalue weighted by atomic mass is 35.5. The average Bonchev–Trinajstić information content (AvgIpc) is 2.83. The zero-order valence-electron chi connectivity index (χ0n) is 11.2. The monoisotopic (exact) mass is 336 g/mol. The Morgan fingerprint density at radius 1 is 1.38 bits per heavy atom. The summed E-state index contributed by atoms with van der Waals surface area (Å²) in [5.41, 5.74) is -0.381. The van der Waals surface area contributed by atoms with Gasteiger partial charge in [0.1, 0.15) is 10.8 Å². The number of thiazole rings is 1. The molecule has 0 saturated carbocycles. The number of hydrogen-bond donors (Lipinski definition) is 1. The Labute approximate surface area is 128 Å². The number of aromatic nitrogens is 1. The third kappa shape index (κ3) is 3.48. The van der Waals surface area contributed by atoms with Gasteiger partial charge in [-0.3, -0.25) is 0 Å². The Hall–Kier alpha value is -1.31. The van der Waals surface area contributed by atoms with Gasteiger partial charge in [-0.25, -0.2) is 4.98 Å². The molecule has 1 aromatic heterocycles. The summed E-state index contributed by atoms with van der Waals surface area (Å²) in [6, 6.07) is 4.73. The van der Waals surface area contributed by atoms with E-state index >= 15 is 0 Å². The highest BCUT2D eigenvalue weighted by Gasteiger charge is 2.37. The molecule has 0 aliphatic heterocycles. The van der Waals surface area contributed by atoms with Gasteiger partial charge >= 0.3 is 6.18 Å². The van der Waals surface area contributed by atoms with Crippen LogP contribution in [0.15, 0.2) is 18.2 Å². The molecule has 0 fully saturated rings. The van der Waals surface area contributed by atoms with E-state index in [1.165, 1.54) is 7.11 Å². The van der Waals surface area contributed by atoms with E-state index in [1.54, 1.807) is 25.2 Å². The lowest BCUT2D eigenvalue weighted by atomic mass is 10.2. The van der Waals surface area contributed by atoms with Crippen LogP contribution in [0.2, 0.25) is 5.02 Å². The molecule has 1 aromatic carbocycles. The van der Waals surface area contributed by atoms with Crippen LogP contribution in [-0.4, -0.2) is 19.1 Å². The average molecular weight is 337 g/mol. The van der Waals surface area contributed by atoms with E-state index in [-0.39, 0.29) is 16.4 Å². The number of rotatable bonds is 4. The molecule has 0 saturated heterocycles. The Kier molecular flexibility index (Phi) is 4.75. The fourth-order valence-electron chi connectivity index (χ4n) is 1.81. The van der Waals surface area contributed by atoms with E-state index < -0.39 is 11.9 Å². The van der Waals surface area contributed by atoms with Crippen LogP contribution in [0.1, 0.15) is 10.6 Å². The third-order valence-corrected chi connectivity index (χ3v) is 4.02. The van der Waals surface area contributed by atoms with E-state index in [9.17, 15) is 13.2 Å². The fourth-order valence-corrected chi connectivity index (χ4v) is 3.10. The van der Waals surface area contributed by atoms with Crippen molar-refractivity contribution in [1.29, 1.82) is 0 Å². The molecule has 0 bridgehead atoms. The van der Waals surface area contributed by atoms with Crippen molar-refractivity contribution in [1.82, 2.24) is 10.3 Å². The second-order valence-electron chi connectivity index (χ2n) is 4.16. The summed E-state index contributed by atoms with van der Waals surface area (Å²) in [5.74, 6) is 0.390. The molecule has 0 amide bonds. The molecule has 114 valence electrons. The van der Waals surface area contributed by atoms with Crippen LogP contribution < -0.4 is 10.1 Å². The summed E-state index contributed by atoms with van der Waals surface area (Å²) >= 11 is 6.84. The van der Waals surface area contributed by atoms with Gasteiger partial charge in [0.2, 0.25) is 0 Å². The minimum absolute atomic E-state index is 0.0996. The number of halogens is 4. The van der Waals surface area contributed by atoms with Gasteiger partial charge in [0.15, 0.2) is 5.69 Å². The van der Waals surface area contributed by atoms with Crippen molar-refractivity contribution in [3.8, 4) is 16.3 Å². The smallest absolute Gasteiger partial charge is 0.434 e. The van der Waals surface area contributed by atoms with Gasteiger partial charge in [-0.15, -0.1) is 11.3 Å². The van der Waals surface area contributed by atoms with Crippen molar-refractivity contribution < 1.29 is 17.9 Å². The number of nitrogens with one attached hydrogen (secondary N) is 1. The van der Waals surface area contributed by atoms with Crippen molar-refractivity contribution in [2.75, 3.05) is 14.2 Å². The van der Waals surface area contributed by atoms with Gasteiger partial charge in [-0.2, -0.15) is 13.2 Å². The Balaban J connectivity index is 2.55. The normalized spacial score (nSPS) is 11.7. The lowest BCUT2D eigenvalue weighted by Gasteiger charge is -2.06. The summed E-state index contributed by atoms with van der Waals surface area (Å²) in [6.07, 6.45) is -4.49. The summed E-state index contributed by atoms with van der Waals surface area (Å²) in [6.45, 7) is 0.0996. The van der Waals surface area contributed by atoms with E-state index in [4.69, 9.17) is 16.3 Å². The molecule has 1 N–H and O–H groups in total. The largest absolute Gasteiger partial charge is 0.496 e. The second-order valence-corrected chi connectivity index (χ2v) is 5.68. The van der Waals surface area contributed by atoms with Gasteiger partial charge in [0.25, 0.3) is 0 Å². The Morgan fingerprint density at radius 3 is 2.67 bits per heavy atom. The number of nitrogens with zero attached hydrogens (tertiary/aromatic N) is 1. The summed E-state index contributed by atoms with van der Waals surface area (Å²) in [4.78, 5) is 3.88. The van der Waals surface area contributed by atoms with Crippen molar-refractivity contribution >= 4 is 22.9 Å². The molecule has 8 heteroatoms. The van der Waals surface area contributed by atoms with Gasteiger partial charge in [-0.1, -0.05) is 11.6 Å². The zero-order chi connectivity index (χ0) is 15.6. The van der Waals surface area contributed by atoms with E-state index in [1.807, 2.05) is 0 Å². The molecule has 3 nitrogen and oxygen atoms in total. The second kappa shape index (κ2) is 6.21. The number of methoxy groups -OCH3 is 1. The van der Waals surface area contributed by atoms with E-state index in [0.717, 1.165) is 11.3 Å². The van der Waals surface area contributed by atoms with E-state index in [2.05, 4.69) is 10.3 Å². The third-order valence-electron chi connectivity index (χ3n) is 2.70. The van der Waals surface area contributed by atoms with E-state index in [0.29, 0.717) is 16.3 Å². The first-order chi connectivity index (χ1) is 9.86. The zero-order valence-corrected chi connectivity index (χ0v) is 12.8. The van der Waals surface area contributed by atoms with Crippen molar-refractivity contribution in [3.05, 3.63) is 33.8 Å². The highest BCUT2D eigenvalue weighted by molar-refractivity contribution is 7.15. The SMILES string of the molecule is CNCc1sc(-c2ccc(Cl)cc2OC)nc1C(F)(F)F. The van der Waals surface area contributed by atoms with Crippen molar-refractivity contribution in [3.63, 3.8) is 0 Å². The number of benzene rings is 1. The molecular weight excluding hydrogens is 325 g/mol. The number of ether oxygens (including phenoxy) is 1. The lowest BCUT2D eigenvalue weighted by Crippen LogP contribution is -2.12. The maximum atomic E-state index is 13.0. The minimum Gasteiger partial charge on any atom is -0.496 e.